The number of hydrogen-bond acceptors (Lipinski definition) is 2. The van der Waals surface area contributed by atoms with Gasteiger partial charge in [0.15, 0.2) is 0 Å². The molecule has 0 spiro atoms. The van der Waals surface area contributed by atoms with Crippen LogP contribution in [0, 0.1) is 23.7 Å². The predicted molar refractivity (Wildman–Crippen MR) is 85.8 cm³/mol. The van der Waals surface area contributed by atoms with Gasteiger partial charge < -0.3 is 10.6 Å². The molecule has 3 nitrogen and oxygen atoms in total. The van der Waals surface area contributed by atoms with Crippen LogP contribution in [0.25, 0.3) is 0 Å². The summed E-state index contributed by atoms with van der Waals surface area (Å²) in [4.78, 5) is 15.1. The van der Waals surface area contributed by atoms with E-state index in [1.54, 1.807) is 0 Å². The van der Waals surface area contributed by atoms with Crippen molar-refractivity contribution in [3.63, 3.8) is 0 Å². The molecule has 0 bridgehead atoms. The van der Waals surface area contributed by atoms with Crippen molar-refractivity contribution in [1.29, 1.82) is 0 Å². The number of nitrogens with two attached hydrogens (primary N) is 1. The molecule has 0 aromatic carbocycles. The van der Waals surface area contributed by atoms with Gasteiger partial charge >= 0.3 is 0 Å². The molecule has 2 aliphatic carbocycles. The smallest absolute Gasteiger partial charge is 0.225 e. The van der Waals surface area contributed by atoms with Gasteiger partial charge in [-0.2, -0.15) is 0 Å². The summed E-state index contributed by atoms with van der Waals surface area (Å²) >= 11 is 0. The summed E-state index contributed by atoms with van der Waals surface area (Å²) in [7, 11) is 0. The SMILES string of the molecule is NCCC1CCCC(C(=O)N2CCC3CCCCC3C2)C1. The second-order valence-electron chi connectivity index (χ2n) is 7.68. The number of carbonyl (C=O) groups excluding carboxylic acids is 1. The third-order valence-electron chi connectivity index (χ3n) is 6.31. The van der Waals surface area contributed by atoms with E-state index in [1.165, 1.54) is 44.9 Å². The maximum absolute atomic E-state index is 12.9. The van der Waals surface area contributed by atoms with Crippen LogP contribution >= 0.6 is 0 Å². The lowest BCUT2D eigenvalue weighted by Crippen LogP contribution is -2.47. The quantitative estimate of drug-likeness (QED) is 0.868. The molecule has 0 aromatic rings. The van der Waals surface area contributed by atoms with E-state index in [0.29, 0.717) is 17.7 Å². The van der Waals surface area contributed by atoms with Crippen molar-refractivity contribution in [3.8, 4) is 0 Å². The fourth-order valence-corrected chi connectivity index (χ4v) is 5.07. The van der Waals surface area contributed by atoms with Crippen LogP contribution in [-0.2, 0) is 4.79 Å². The van der Waals surface area contributed by atoms with Gasteiger partial charge in [0, 0.05) is 19.0 Å². The first-order valence-corrected chi connectivity index (χ1v) is 9.26. The highest BCUT2D eigenvalue weighted by Crippen LogP contribution is 2.38. The van der Waals surface area contributed by atoms with Gasteiger partial charge in [-0.3, -0.25) is 4.79 Å². The van der Waals surface area contributed by atoms with E-state index in [2.05, 4.69) is 4.90 Å². The molecule has 1 amide bonds. The zero-order valence-electron chi connectivity index (χ0n) is 13.4. The highest BCUT2D eigenvalue weighted by molar-refractivity contribution is 5.79. The number of hydrogen-bond donors (Lipinski definition) is 1. The Morgan fingerprint density at radius 3 is 2.62 bits per heavy atom. The Balaban J connectivity index is 1.55. The van der Waals surface area contributed by atoms with Crippen molar-refractivity contribution in [2.24, 2.45) is 29.4 Å². The van der Waals surface area contributed by atoms with E-state index in [9.17, 15) is 4.79 Å². The number of fused-ring (bicyclic) bond motifs is 1. The molecule has 3 heteroatoms. The lowest BCUT2D eigenvalue weighted by Gasteiger charge is -2.43. The molecule has 120 valence electrons. The molecular weight excluding hydrogens is 260 g/mol. The largest absolute Gasteiger partial charge is 0.342 e. The van der Waals surface area contributed by atoms with E-state index >= 15 is 0 Å². The maximum Gasteiger partial charge on any atom is 0.225 e. The van der Waals surface area contributed by atoms with Crippen LogP contribution in [-0.4, -0.2) is 30.4 Å². The monoisotopic (exact) mass is 292 g/mol. The summed E-state index contributed by atoms with van der Waals surface area (Å²) in [6.45, 7) is 2.86. The van der Waals surface area contributed by atoms with E-state index in [0.717, 1.165) is 50.7 Å². The standard InChI is InChI=1S/C18H32N2O/c19-10-8-14-4-3-7-16(12-14)18(21)20-11-9-15-5-1-2-6-17(15)13-20/h14-17H,1-13,19H2. The molecule has 21 heavy (non-hydrogen) atoms. The van der Waals surface area contributed by atoms with Crippen molar-refractivity contribution in [2.75, 3.05) is 19.6 Å². The van der Waals surface area contributed by atoms with Crippen molar-refractivity contribution < 1.29 is 4.79 Å². The van der Waals surface area contributed by atoms with Crippen LogP contribution in [0.2, 0.25) is 0 Å². The van der Waals surface area contributed by atoms with E-state index in [4.69, 9.17) is 5.73 Å². The second kappa shape index (κ2) is 7.13. The molecule has 3 rings (SSSR count). The Morgan fingerprint density at radius 2 is 1.81 bits per heavy atom. The van der Waals surface area contributed by atoms with Crippen molar-refractivity contribution in [3.05, 3.63) is 0 Å². The number of rotatable bonds is 3. The van der Waals surface area contributed by atoms with Gasteiger partial charge in [0.1, 0.15) is 0 Å². The van der Waals surface area contributed by atoms with Crippen molar-refractivity contribution in [1.82, 2.24) is 4.90 Å². The first-order valence-electron chi connectivity index (χ1n) is 9.26. The number of carbonyl (C=O) groups is 1. The Kier molecular flexibility index (Phi) is 5.20. The Hall–Kier alpha value is -0.570. The average molecular weight is 292 g/mol. The number of amides is 1. The van der Waals surface area contributed by atoms with Gasteiger partial charge in [0.25, 0.3) is 0 Å². The lowest BCUT2D eigenvalue weighted by atomic mass is 9.74. The van der Waals surface area contributed by atoms with Gasteiger partial charge in [0.2, 0.25) is 5.91 Å². The van der Waals surface area contributed by atoms with Gasteiger partial charge in [0.05, 0.1) is 0 Å². The zero-order valence-corrected chi connectivity index (χ0v) is 13.4. The molecule has 4 unspecified atom stereocenters. The van der Waals surface area contributed by atoms with Gasteiger partial charge in [-0.15, -0.1) is 0 Å². The van der Waals surface area contributed by atoms with Crippen LogP contribution in [0.1, 0.15) is 64.2 Å². The first-order chi connectivity index (χ1) is 10.3. The third kappa shape index (κ3) is 3.61. The van der Waals surface area contributed by atoms with E-state index in [1.807, 2.05) is 0 Å². The minimum absolute atomic E-state index is 0.301. The number of nitrogens with zero attached hydrogens (tertiary/aromatic N) is 1. The average Bonchev–Trinajstić information content (AvgIpc) is 2.54. The van der Waals surface area contributed by atoms with Crippen LogP contribution in [0.4, 0.5) is 0 Å². The Bertz CT molecular complexity index is 355. The predicted octanol–water partition coefficient (Wildman–Crippen LogP) is 3.18. The van der Waals surface area contributed by atoms with Crippen LogP contribution in [0.5, 0.6) is 0 Å². The minimum Gasteiger partial charge on any atom is -0.342 e. The summed E-state index contributed by atoms with van der Waals surface area (Å²) in [6.07, 6.45) is 12.6. The summed E-state index contributed by atoms with van der Waals surface area (Å²) in [5, 5.41) is 0. The van der Waals surface area contributed by atoms with Gasteiger partial charge in [-0.05, 0) is 56.4 Å². The molecule has 4 atom stereocenters. The van der Waals surface area contributed by atoms with E-state index < -0.39 is 0 Å². The van der Waals surface area contributed by atoms with E-state index in [-0.39, 0.29) is 0 Å². The van der Waals surface area contributed by atoms with Gasteiger partial charge in [-0.1, -0.05) is 32.1 Å². The maximum atomic E-state index is 12.9. The zero-order chi connectivity index (χ0) is 14.7. The summed E-state index contributed by atoms with van der Waals surface area (Å²) in [5.41, 5.74) is 5.70. The molecule has 3 fully saturated rings. The summed E-state index contributed by atoms with van der Waals surface area (Å²) < 4.78 is 0. The molecule has 2 N–H and O–H groups in total. The van der Waals surface area contributed by atoms with Crippen LogP contribution in [0.3, 0.4) is 0 Å². The molecule has 2 saturated carbocycles. The Morgan fingerprint density at radius 1 is 1.00 bits per heavy atom. The lowest BCUT2D eigenvalue weighted by molar-refractivity contribution is -0.140. The molecule has 1 saturated heterocycles. The fraction of sp³-hybridized carbons (Fsp3) is 0.944. The Labute approximate surface area is 129 Å². The third-order valence-corrected chi connectivity index (χ3v) is 6.31. The van der Waals surface area contributed by atoms with Crippen LogP contribution in [0.15, 0.2) is 0 Å². The molecular formula is C18H32N2O. The molecule has 0 aromatic heterocycles. The number of likely N-dealkylation sites (tertiary alicyclic amines) is 1. The van der Waals surface area contributed by atoms with Crippen molar-refractivity contribution in [2.45, 2.75) is 64.2 Å². The number of piperidine rings is 1. The molecule has 1 heterocycles. The van der Waals surface area contributed by atoms with Crippen LogP contribution < -0.4 is 5.73 Å². The normalized spacial score (nSPS) is 37.1. The summed E-state index contributed by atoms with van der Waals surface area (Å²) in [6, 6.07) is 0. The highest BCUT2D eigenvalue weighted by Gasteiger charge is 2.36. The second-order valence-corrected chi connectivity index (χ2v) is 7.68. The topological polar surface area (TPSA) is 46.3 Å². The van der Waals surface area contributed by atoms with Crippen molar-refractivity contribution >= 4 is 5.91 Å². The minimum atomic E-state index is 0.301. The van der Waals surface area contributed by atoms with Gasteiger partial charge in [-0.25, -0.2) is 0 Å². The fourth-order valence-electron chi connectivity index (χ4n) is 5.07. The summed E-state index contributed by atoms with van der Waals surface area (Å²) in [5.74, 6) is 3.19. The molecule has 0 radical (unpaired) electrons. The molecule has 3 aliphatic rings. The highest BCUT2D eigenvalue weighted by atomic mass is 16.2. The first kappa shape index (κ1) is 15.3. The molecule has 1 aliphatic heterocycles.